The zero-order valence-electron chi connectivity index (χ0n) is 10.9. The number of fused-ring (bicyclic) bond motifs is 1. The molecule has 0 aliphatic heterocycles. The molecule has 3 aromatic rings. The number of carbonyl (C=O) groups is 1. The summed E-state index contributed by atoms with van der Waals surface area (Å²) in [7, 11) is 0. The minimum absolute atomic E-state index is 0.557. The van der Waals surface area contributed by atoms with Gasteiger partial charge in [-0.3, -0.25) is 4.79 Å². The number of hydrogen-bond donors (Lipinski definition) is 1. The van der Waals surface area contributed by atoms with Crippen molar-refractivity contribution in [3.63, 3.8) is 0 Å². The molecule has 0 amide bonds. The van der Waals surface area contributed by atoms with Crippen LogP contribution in [0, 0.1) is 0 Å². The number of hydrogen-bond acceptors (Lipinski definition) is 3. The van der Waals surface area contributed by atoms with Crippen molar-refractivity contribution in [1.29, 1.82) is 0 Å². The van der Waals surface area contributed by atoms with Gasteiger partial charge in [-0.25, -0.2) is 0 Å². The molecule has 0 aliphatic carbocycles. The summed E-state index contributed by atoms with van der Waals surface area (Å²) < 4.78 is 5.30. The zero-order valence-corrected chi connectivity index (χ0v) is 10.9. The molecule has 100 valence electrons. The van der Waals surface area contributed by atoms with Gasteiger partial charge in [0.25, 0.3) is 0 Å². The van der Waals surface area contributed by atoms with E-state index in [2.05, 4.69) is 5.16 Å². The van der Waals surface area contributed by atoms with Gasteiger partial charge >= 0.3 is 5.97 Å². The van der Waals surface area contributed by atoms with Gasteiger partial charge < -0.3 is 9.63 Å². The third-order valence-corrected chi connectivity index (χ3v) is 3.41. The van der Waals surface area contributed by atoms with Crippen LogP contribution in [0.4, 0.5) is 0 Å². The second-order valence-electron chi connectivity index (χ2n) is 4.71. The van der Waals surface area contributed by atoms with Crippen LogP contribution in [0.1, 0.15) is 18.4 Å². The zero-order chi connectivity index (χ0) is 14.1. The van der Waals surface area contributed by atoms with Gasteiger partial charge in [0.1, 0.15) is 5.69 Å². The second-order valence-corrected chi connectivity index (χ2v) is 4.71. The van der Waals surface area contributed by atoms with E-state index >= 15 is 0 Å². The number of nitrogens with zero attached hydrogens (tertiary/aromatic N) is 1. The van der Waals surface area contributed by atoms with Crippen LogP contribution in [-0.2, 0) is 4.79 Å². The molecule has 0 saturated carbocycles. The summed E-state index contributed by atoms with van der Waals surface area (Å²) in [5, 5.41) is 14.0. The fourth-order valence-electron chi connectivity index (χ4n) is 2.17. The standard InChI is InChI=1S/C16H13NO3/c1-10(16(18)19)12-7-8-14-13(9-12)15(17-20-14)11-5-3-2-4-6-11/h2-10H,1H3,(H,18,19). The van der Waals surface area contributed by atoms with Gasteiger partial charge in [-0.05, 0) is 24.6 Å². The molecule has 0 aliphatic rings. The highest BCUT2D eigenvalue weighted by atomic mass is 16.5. The Hall–Kier alpha value is -2.62. The van der Waals surface area contributed by atoms with Crippen LogP contribution >= 0.6 is 0 Å². The quantitative estimate of drug-likeness (QED) is 0.786. The van der Waals surface area contributed by atoms with Crippen molar-refractivity contribution in [2.75, 3.05) is 0 Å². The summed E-state index contributed by atoms with van der Waals surface area (Å²) in [6.45, 7) is 1.67. The molecule has 1 N–H and O–H groups in total. The maximum Gasteiger partial charge on any atom is 0.310 e. The lowest BCUT2D eigenvalue weighted by molar-refractivity contribution is -0.138. The van der Waals surface area contributed by atoms with Crippen molar-refractivity contribution in [2.24, 2.45) is 0 Å². The predicted octanol–water partition coefficient (Wildman–Crippen LogP) is 3.68. The summed E-state index contributed by atoms with van der Waals surface area (Å²) in [6, 6.07) is 15.1. The first kappa shape index (κ1) is 12.4. The fourth-order valence-corrected chi connectivity index (χ4v) is 2.17. The number of carboxylic acid groups (broad SMARTS) is 1. The second kappa shape index (κ2) is 4.81. The Morgan fingerprint density at radius 3 is 2.65 bits per heavy atom. The van der Waals surface area contributed by atoms with Crippen LogP contribution in [0.5, 0.6) is 0 Å². The van der Waals surface area contributed by atoms with E-state index in [-0.39, 0.29) is 0 Å². The number of rotatable bonds is 3. The first-order valence-electron chi connectivity index (χ1n) is 6.34. The van der Waals surface area contributed by atoms with E-state index in [0.29, 0.717) is 5.58 Å². The molecule has 0 saturated heterocycles. The van der Waals surface area contributed by atoms with Crippen molar-refractivity contribution < 1.29 is 14.4 Å². The predicted molar refractivity (Wildman–Crippen MR) is 75.5 cm³/mol. The van der Waals surface area contributed by atoms with Crippen molar-refractivity contribution in [1.82, 2.24) is 5.16 Å². The van der Waals surface area contributed by atoms with Crippen molar-refractivity contribution >= 4 is 16.9 Å². The molecular formula is C16H13NO3. The molecule has 0 bridgehead atoms. The van der Waals surface area contributed by atoms with E-state index in [9.17, 15) is 4.79 Å². The van der Waals surface area contributed by atoms with Gasteiger partial charge in [0.15, 0.2) is 5.58 Å². The Balaban J connectivity index is 2.16. The average molecular weight is 267 g/mol. The van der Waals surface area contributed by atoms with Crippen LogP contribution in [-0.4, -0.2) is 16.2 Å². The number of benzene rings is 2. The third-order valence-electron chi connectivity index (χ3n) is 3.41. The smallest absolute Gasteiger partial charge is 0.310 e. The Morgan fingerprint density at radius 2 is 1.95 bits per heavy atom. The van der Waals surface area contributed by atoms with Gasteiger partial charge in [-0.2, -0.15) is 0 Å². The highest BCUT2D eigenvalue weighted by Crippen LogP contribution is 2.30. The topological polar surface area (TPSA) is 63.3 Å². The molecule has 1 aromatic heterocycles. The van der Waals surface area contributed by atoms with E-state index in [4.69, 9.17) is 9.63 Å². The molecule has 20 heavy (non-hydrogen) atoms. The van der Waals surface area contributed by atoms with E-state index in [0.717, 1.165) is 22.2 Å². The lowest BCUT2D eigenvalue weighted by Gasteiger charge is -2.06. The molecule has 1 heterocycles. The van der Waals surface area contributed by atoms with Crippen LogP contribution < -0.4 is 0 Å². The highest BCUT2D eigenvalue weighted by Gasteiger charge is 2.17. The van der Waals surface area contributed by atoms with Gasteiger partial charge in [0, 0.05) is 10.9 Å². The third kappa shape index (κ3) is 2.05. The molecule has 4 heteroatoms. The molecule has 3 rings (SSSR count). The minimum Gasteiger partial charge on any atom is -0.481 e. The van der Waals surface area contributed by atoms with Gasteiger partial charge in [-0.1, -0.05) is 41.6 Å². The fraction of sp³-hybridized carbons (Fsp3) is 0.125. The monoisotopic (exact) mass is 267 g/mol. The normalized spacial score (nSPS) is 12.4. The molecule has 0 fully saturated rings. The first-order chi connectivity index (χ1) is 9.66. The summed E-state index contributed by atoms with van der Waals surface area (Å²) in [6.07, 6.45) is 0. The van der Waals surface area contributed by atoms with Gasteiger partial charge in [0.2, 0.25) is 0 Å². The maximum absolute atomic E-state index is 11.1. The first-order valence-corrected chi connectivity index (χ1v) is 6.34. The lowest BCUT2D eigenvalue weighted by atomic mass is 9.98. The minimum atomic E-state index is -0.845. The number of aliphatic carboxylic acids is 1. The Morgan fingerprint density at radius 1 is 1.20 bits per heavy atom. The highest BCUT2D eigenvalue weighted by molar-refractivity contribution is 5.92. The molecule has 0 spiro atoms. The summed E-state index contributed by atoms with van der Waals surface area (Å²) >= 11 is 0. The molecule has 2 aromatic carbocycles. The SMILES string of the molecule is CC(C(=O)O)c1ccc2onc(-c3ccccc3)c2c1. The molecule has 0 radical (unpaired) electrons. The molecule has 4 nitrogen and oxygen atoms in total. The van der Waals surface area contributed by atoms with Gasteiger partial charge in [-0.15, -0.1) is 0 Å². The Bertz CT molecular complexity index is 762. The summed E-state index contributed by atoms with van der Waals surface area (Å²) in [5.74, 6) is -1.40. The van der Waals surface area contributed by atoms with Gasteiger partial charge in [0.05, 0.1) is 5.92 Å². The van der Waals surface area contributed by atoms with E-state index < -0.39 is 11.9 Å². The molecule has 1 unspecified atom stereocenters. The maximum atomic E-state index is 11.1. The molecular weight excluding hydrogens is 254 g/mol. The van der Waals surface area contributed by atoms with Crippen molar-refractivity contribution in [3.8, 4) is 11.3 Å². The largest absolute Gasteiger partial charge is 0.481 e. The van der Waals surface area contributed by atoms with Crippen LogP contribution in [0.2, 0.25) is 0 Å². The average Bonchev–Trinajstić information content (AvgIpc) is 2.90. The van der Waals surface area contributed by atoms with E-state index in [1.165, 1.54) is 0 Å². The van der Waals surface area contributed by atoms with Crippen LogP contribution in [0.25, 0.3) is 22.2 Å². The Labute approximate surface area is 115 Å². The summed E-state index contributed by atoms with van der Waals surface area (Å²) in [4.78, 5) is 11.1. The Kier molecular flexibility index (Phi) is 2.99. The number of aromatic nitrogens is 1. The van der Waals surface area contributed by atoms with E-state index in [1.54, 1.807) is 19.1 Å². The van der Waals surface area contributed by atoms with Crippen LogP contribution in [0.15, 0.2) is 53.1 Å². The lowest BCUT2D eigenvalue weighted by Crippen LogP contribution is -2.06. The van der Waals surface area contributed by atoms with Crippen molar-refractivity contribution in [3.05, 3.63) is 54.1 Å². The number of carboxylic acids is 1. The molecule has 1 atom stereocenters. The summed E-state index contributed by atoms with van der Waals surface area (Å²) in [5.41, 5.74) is 3.09. The van der Waals surface area contributed by atoms with E-state index in [1.807, 2.05) is 36.4 Å². The van der Waals surface area contributed by atoms with Crippen LogP contribution in [0.3, 0.4) is 0 Å². The van der Waals surface area contributed by atoms with Crippen molar-refractivity contribution in [2.45, 2.75) is 12.8 Å².